The van der Waals surface area contributed by atoms with E-state index in [1.807, 2.05) is 6.92 Å². The van der Waals surface area contributed by atoms with Gasteiger partial charge in [0.15, 0.2) is 0 Å². The maximum absolute atomic E-state index is 14.2. The van der Waals surface area contributed by atoms with E-state index in [1.165, 1.54) is 60.9 Å². The largest absolute Gasteiger partial charge is 0.207 e. The monoisotopic (exact) mass is 460 g/mol. The summed E-state index contributed by atoms with van der Waals surface area (Å²) >= 11 is 0. The lowest BCUT2D eigenvalue weighted by Crippen LogP contribution is -2.15. The summed E-state index contributed by atoms with van der Waals surface area (Å²) in [5.74, 6) is 1.32. The first kappa shape index (κ1) is 24.6. The first-order chi connectivity index (χ1) is 16.5. The molecule has 0 saturated heterocycles. The van der Waals surface area contributed by atoms with Crippen molar-refractivity contribution in [1.82, 2.24) is 0 Å². The van der Waals surface area contributed by atoms with Gasteiger partial charge in [-0.15, -0.1) is 0 Å². The molecule has 34 heavy (non-hydrogen) atoms. The van der Waals surface area contributed by atoms with Crippen molar-refractivity contribution in [3.63, 3.8) is 0 Å². The van der Waals surface area contributed by atoms with Gasteiger partial charge in [0.1, 0.15) is 11.6 Å². The van der Waals surface area contributed by atoms with Crippen molar-refractivity contribution in [2.45, 2.75) is 83.5 Å². The number of benzene rings is 3. The van der Waals surface area contributed by atoms with Crippen LogP contribution in [0.3, 0.4) is 0 Å². The molecule has 1 fully saturated rings. The summed E-state index contributed by atoms with van der Waals surface area (Å²) < 4.78 is 28.5. The average molecular weight is 461 g/mol. The number of hydrogen-bond acceptors (Lipinski definition) is 0. The fourth-order valence-corrected chi connectivity index (χ4v) is 5.68. The fraction of sp³-hybridized carbons (Fsp3) is 0.438. The van der Waals surface area contributed by atoms with E-state index in [9.17, 15) is 8.78 Å². The van der Waals surface area contributed by atoms with E-state index < -0.39 is 11.6 Å². The van der Waals surface area contributed by atoms with Crippen molar-refractivity contribution in [2.24, 2.45) is 5.92 Å². The lowest BCUT2D eigenvalue weighted by molar-refractivity contribution is 0.297. The lowest BCUT2D eigenvalue weighted by Gasteiger charge is -2.30. The zero-order chi connectivity index (χ0) is 23.9. The maximum Gasteiger partial charge on any atom is 0.129 e. The van der Waals surface area contributed by atoms with Gasteiger partial charge in [-0.2, -0.15) is 0 Å². The third-order valence-corrected chi connectivity index (χ3v) is 7.76. The fourth-order valence-electron chi connectivity index (χ4n) is 5.68. The van der Waals surface area contributed by atoms with Crippen molar-refractivity contribution in [1.29, 1.82) is 0 Å². The molecule has 0 heterocycles. The van der Waals surface area contributed by atoms with Crippen molar-refractivity contribution in [2.75, 3.05) is 0 Å². The quantitative estimate of drug-likeness (QED) is 0.298. The Hall–Kier alpha value is -2.48. The van der Waals surface area contributed by atoms with Crippen LogP contribution >= 0.6 is 0 Å². The van der Waals surface area contributed by atoms with Crippen LogP contribution < -0.4 is 0 Å². The Balaban J connectivity index is 1.26. The van der Waals surface area contributed by atoms with Crippen LogP contribution in [0.25, 0.3) is 0 Å². The van der Waals surface area contributed by atoms with Gasteiger partial charge < -0.3 is 0 Å². The minimum absolute atomic E-state index is 0.222. The smallest absolute Gasteiger partial charge is 0.129 e. The summed E-state index contributed by atoms with van der Waals surface area (Å²) in [6, 6.07) is 22.9. The average Bonchev–Trinajstić information content (AvgIpc) is 2.86. The molecule has 0 aromatic heterocycles. The Labute approximate surface area is 204 Å². The van der Waals surface area contributed by atoms with Gasteiger partial charge >= 0.3 is 0 Å². The normalized spacial score (nSPS) is 19.2. The highest BCUT2D eigenvalue weighted by Crippen LogP contribution is 2.39. The molecule has 0 N–H and O–H groups in total. The van der Waals surface area contributed by atoms with Gasteiger partial charge in [-0.3, -0.25) is 0 Å². The van der Waals surface area contributed by atoms with Crippen molar-refractivity contribution in [3.05, 3.63) is 106 Å². The summed E-state index contributed by atoms with van der Waals surface area (Å²) in [6.07, 6.45) is 9.12. The molecular weight excluding hydrogens is 422 g/mol. The molecule has 0 nitrogen and oxygen atoms in total. The Morgan fingerprint density at radius 1 is 0.765 bits per heavy atom. The molecule has 1 atom stereocenters. The molecule has 0 spiro atoms. The maximum atomic E-state index is 14.2. The van der Waals surface area contributed by atoms with Gasteiger partial charge in [0.25, 0.3) is 0 Å². The summed E-state index contributed by atoms with van der Waals surface area (Å²) in [5, 5.41) is 0. The third kappa shape index (κ3) is 6.34. The van der Waals surface area contributed by atoms with Crippen molar-refractivity contribution < 1.29 is 8.78 Å². The summed E-state index contributed by atoms with van der Waals surface area (Å²) in [7, 11) is 0. The molecule has 3 aromatic rings. The van der Waals surface area contributed by atoms with Gasteiger partial charge in [-0.1, -0.05) is 74.9 Å². The SMILES string of the molecule is CCCc1c(F)cc(CCc2ccc(C3CCC(C[C@H](C)c4ccccc4)CC3)cc2)cc1F. The molecule has 0 aliphatic heterocycles. The minimum atomic E-state index is -0.402. The van der Waals surface area contributed by atoms with E-state index in [0.29, 0.717) is 24.7 Å². The molecule has 180 valence electrons. The minimum Gasteiger partial charge on any atom is -0.207 e. The van der Waals surface area contributed by atoms with E-state index in [-0.39, 0.29) is 5.56 Å². The van der Waals surface area contributed by atoms with E-state index in [4.69, 9.17) is 0 Å². The van der Waals surface area contributed by atoms with Crippen LogP contribution in [0.1, 0.15) is 92.0 Å². The second-order valence-corrected chi connectivity index (χ2v) is 10.3. The molecule has 2 heteroatoms. The highest BCUT2D eigenvalue weighted by atomic mass is 19.1. The lowest BCUT2D eigenvalue weighted by atomic mass is 9.75. The van der Waals surface area contributed by atoms with Gasteiger partial charge in [0, 0.05) is 5.56 Å². The van der Waals surface area contributed by atoms with Crippen LogP contribution in [-0.2, 0) is 19.3 Å². The number of aryl methyl sites for hydroxylation is 2. The Morgan fingerprint density at radius 2 is 1.38 bits per heavy atom. The standard InChI is InChI=1S/C32H38F2/c1-3-7-30-31(33)21-26(22-32(30)34)11-10-24-12-16-28(17-13-24)29-18-14-25(15-19-29)20-23(2)27-8-5-4-6-9-27/h4-6,8-9,12-13,16-17,21-23,25,29H,3,7,10-11,14-15,18-20H2,1-2H3/t23-,25?,29?/m0/s1. The van der Waals surface area contributed by atoms with Gasteiger partial charge in [-0.05, 0) is 104 Å². The number of hydrogen-bond donors (Lipinski definition) is 0. The summed E-state index contributed by atoms with van der Waals surface area (Å²) in [4.78, 5) is 0. The summed E-state index contributed by atoms with van der Waals surface area (Å²) in [5.41, 5.74) is 5.09. The molecular formula is C32H38F2. The molecule has 0 radical (unpaired) electrons. The molecule has 4 rings (SSSR count). The van der Waals surface area contributed by atoms with Crippen LogP contribution in [0.15, 0.2) is 66.7 Å². The molecule has 1 aliphatic rings. The first-order valence-corrected chi connectivity index (χ1v) is 13.1. The van der Waals surface area contributed by atoms with Crippen LogP contribution in [-0.4, -0.2) is 0 Å². The predicted molar refractivity (Wildman–Crippen MR) is 138 cm³/mol. The molecule has 1 saturated carbocycles. The number of rotatable bonds is 9. The second-order valence-electron chi connectivity index (χ2n) is 10.3. The molecule has 1 aliphatic carbocycles. The molecule has 0 amide bonds. The number of halogens is 2. The Kier molecular flexibility index (Phi) is 8.53. The van der Waals surface area contributed by atoms with Crippen LogP contribution in [0.5, 0.6) is 0 Å². The first-order valence-electron chi connectivity index (χ1n) is 13.1. The van der Waals surface area contributed by atoms with Gasteiger partial charge in [0.05, 0.1) is 0 Å². The van der Waals surface area contributed by atoms with E-state index in [1.54, 1.807) is 0 Å². The van der Waals surface area contributed by atoms with Gasteiger partial charge in [-0.25, -0.2) is 8.78 Å². The third-order valence-electron chi connectivity index (χ3n) is 7.76. The summed E-state index contributed by atoms with van der Waals surface area (Å²) in [6.45, 7) is 4.30. The van der Waals surface area contributed by atoms with Gasteiger partial charge in [0.2, 0.25) is 0 Å². The van der Waals surface area contributed by atoms with Crippen LogP contribution in [0.4, 0.5) is 8.78 Å². The van der Waals surface area contributed by atoms with Crippen molar-refractivity contribution in [3.8, 4) is 0 Å². The van der Waals surface area contributed by atoms with Crippen LogP contribution in [0, 0.1) is 17.6 Å². The topological polar surface area (TPSA) is 0 Å². The molecule has 0 bridgehead atoms. The Bertz CT molecular complexity index is 1010. The highest BCUT2D eigenvalue weighted by Gasteiger charge is 2.24. The van der Waals surface area contributed by atoms with Crippen LogP contribution in [0.2, 0.25) is 0 Å². The van der Waals surface area contributed by atoms with E-state index in [0.717, 1.165) is 24.3 Å². The molecule has 0 unspecified atom stereocenters. The predicted octanol–water partition coefficient (Wildman–Crippen LogP) is 9.17. The second kappa shape index (κ2) is 11.8. The van der Waals surface area contributed by atoms with E-state index in [2.05, 4.69) is 61.5 Å². The zero-order valence-electron chi connectivity index (χ0n) is 20.7. The molecule has 3 aromatic carbocycles. The Morgan fingerprint density at radius 3 is 2.00 bits per heavy atom. The highest BCUT2D eigenvalue weighted by molar-refractivity contribution is 5.29. The van der Waals surface area contributed by atoms with E-state index >= 15 is 0 Å². The van der Waals surface area contributed by atoms with Crippen molar-refractivity contribution >= 4 is 0 Å². The zero-order valence-corrected chi connectivity index (χ0v) is 20.7.